The molecule has 0 unspecified atom stereocenters. The summed E-state index contributed by atoms with van der Waals surface area (Å²) in [6, 6.07) is 9.94. The van der Waals surface area contributed by atoms with Gasteiger partial charge in [0, 0.05) is 43.8 Å². The first-order chi connectivity index (χ1) is 12.9. The van der Waals surface area contributed by atoms with Gasteiger partial charge in [-0.3, -0.25) is 4.57 Å². The third-order valence-electron chi connectivity index (χ3n) is 4.79. The number of benzene rings is 1. The van der Waals surface area contributed by atoms with E-state index in [0.29, 0.717) is 42.9 Å². The lowest BCUT2D eigenvalue weighted by atomic mass is 10.2. The van der Waals surface area contributed by atoms with Crippen LogP contribution in [0.2, 0.25) is 5.02 Å². The van der Waals surface area contributed by atoms with Gasteiger partial charge in [0.2, 0.25) is 10.0 Å². The van der Waals surface area contributed by atoms with Crippen LogP contribution in [0.4, 0.5) is 0 Å². The molecule has 0 amide bonds. The lowest BCUT2D eigenvalue weighted by Gasteiger charge is -2.31. The number of likely N-dealkylation sites (N-methyl/N-ethyl adjacent to an activating group) is 1. The van der Waals surface area contributed by atoms with Gasteiger partial charge in [-0.1, -0.05) is 17.7 Å². The van der Waals surface area contributed by atoms with Gasteiger partial charge in [0.15, 0.2) is 5.88 Å². The molecule has 3 heterocycles. The average molecular weight is 443 g/mol. The number of hydrogen-bond donors (Lipinski definition) is 1. The highest BCUT2D eigenvalue weighted by Gasteiger charge is 2.30. The van der Waals surface area contributed by atoms with Crippen LogP contribution in [0.5, 0.6) is 5.88 Å². The number of piperazine rings is 1. The molecule has 1 aromatic carbocycles. The highest BCUT2D eigenvalue weighted by molar-refractivity contribution is 7.89. The second kappa shape index (κ2) is 7.88. The van der Waals surface area contributed by atoms with Crippen molar-refractivity contribution in [2.75, 3.05) is 33.2 Å². The molecule has 28 heavy (non-hydrogen) atoms. The molecule has 1 fully saturated rings. The summed E-state index contributed by atoms with van der Waals surface area (Å²) in [5.74, 6) is 0.490. The van der Waals surface area contributed by atoms with Crippen LogP contribution in [0.25, 0.3) is 16.7 Å². The summed E-state index contributed by atoms with van der Waals surface area (Å²) in [6.45, 7) is 2.20. The number of rotatable bonds is 3. The van der Waals surface area contributed by atoms with E-state index >= 15 is 0 Å². The topological polar surface area (TPSA) is 78.7 Å². The summed E-state index contributed by atoms with van der Waals surface area (Å²) in [5.41, 5.74) is 0.591. The first-order valence-corrected chi connectivity index (χ1v) is 10.3. The Bertz CT molecular complexity index is 1090. The minimum absolute atomic E-state index is 0. The first kappa shape index (κ1) is 20.9. The Morgan fingerprint density at radius 1 is 1.11 bits per heavy atom. The Labute approximate surface area is 174 Å². The van der Waals surface area contributed by atoms with Crippen molar-refractivity contribution in [3.8, 4) is 11.7 Å². The van der Waals surface area contributed by atoms with E-state index < -0.39 is 10.0 Å². The number of sulfonamides is 1. The molecule has 0 atom stereocenters. The van der Waals surface area contributed by atoms with E-state index in [1.54, 1.807) is 30.5 Å². The molecule has 0 saturated carbocycles. The SMILES string of the molecule is CN1CCN(S(=O)(=O)c2cc3cc(O)n(-c4ccccn4)c3cc2Cl)CC1.Cl. The summed E-state index contributed by atoms with van der Waals surface area (Å²) < 4.78 is 29.1. The lowest BCUT2D eigenvalue weighted by molar-refractivity contribution is 0.222. The van der Waals surface area contributed by atoms with Crippen molar-refractivity contribution >= 4 is 44.9 Å². The molecule has 3 aromatic rings. The number of aromatic nitrogens is 2. The molecule has 1 saturated heterocycles. The number of pyridine rings is 1. The predicted molar refractivity (Wildman–Crippen MR) is 111 cm³/mol. The zero-order chi connectivity index (χ0) is 19.2. The molecule has 150 valence electrons. The van der Waals surface area contributed by atoms with Crippen LogP contribution in [-0.2, 0) is 10.0 Å². The van der Waals surface area contributed by atoms with E-state index in [1.165, 1.54) is 21.0 Å². The highest BCUT2D eigenvalue weighted by atomic mass is 35.5. The summed E-state index contributed by atoms with van der Waals surface area (Å²) in [7, 11) is -1.74. The second-order valence-electron chi connectivity index (χ2n) is 6.57. The normalized spacial score (nSPS) is 16.2. The molecule has 0 aliphatic carbocycles. The maximum atomic E-state index is 13.1. The molecule has 1 aliphatic heterocycles. The Balaban J connectivity index is 0.00000225. The highest BCUT2D eigenvalue weighted by Crippen LogP contribution is 2.35. The fourth-order valence-corrected chi connectivity index (χ4v) is 5.24. The maximum Gasteiger partial charge on any atom is 0.244 e. The zero-order valence-electron chi connectivity index (χ0n) is 15.1. The van der Waals surface area contributed by atoms with Gasteiger partial charge < -0.3 is 10.0 Å². The van der Waals surface area contributed by atoms with Crippen LogP contribution in [0.3, 0.4) is 0 Å². The van der Waals surface area contributed by atoms with Crippen LogP contribution in [-0.4, -0.2) is 65.5 Å². The van der Waals surface area contributed by atoms with Crippen molar-refractivity contribution < 1.29 is 13.5 Å². The van der Waals surface area contributed by atoms with Crippen molar-refractivity contribution in [1.29, 1.82) is 0 Å². The molecule has 2 aromatic heterocycles. The fraction of sp³-hybridized carbons (Fsp3) is 0.278. The van der Waals surface area contributed by atoms with Gasteiger partial charge in [0.1, 0.15) is 10.7 Å². The van der Waals surface area contributed by atoms with Crippen molar-refractivity contribution in [1.82, 2.24) is 18.8 Å². The number of fused-ring (bicyclic) bond motifs is 1. The quantitative estimate of drug-likeness (QED) is 0.674. The second-order valence-corrected chi connectivity index (χ2v) is 8.89. The van der Waals surface area contributed by atoms with Gasteiger partial charge in [0.05, 0.1) is 10.5 Å². The lowest BCUT2D eigenvalue weighted by Crippen LogP contribution is -2.47. The van der Waals surface area contributed by atoms with Gasteiger partial charge in [-0.25, -0.2) is 13.4 Å². The van der Waals surface area contributed by atoms with E-state index in [2.05, 4.69) is 9.88 Å². The van der Waals surface area contributed by atoms with Crippen LogP contribution >= 0.6 is 24.0 Å². The molecule has 1 aliphatic rings. The number of halogens is 2. The third kappa shape index (κ3) is 3.58. The Hall–Kier alpha value is -1.84. The Morgan fingerprint density at radius 2 is 1.82 bits per heavy atom. The van der Waals surface area contributed by atoms with Crippen LogP contribution in [0.15, 0.2) is 47.5 Å². The monoisotopic (exact) mass is 442 g/mol. The predicted octanol–water partition coefficient (Wildman–Crippen LogP) is 2.74. The van der Waals surface area contributed by atoms with E-state index in [0.717, 1.165) is 0 Å². The van der Waals surface area contributed by atoms with Gasteiger partial charge >= 0.3 is 0 Å². The van der Waals surface area contributed by atoms with Gasteiger partial charge in [0.25, 0.3) is 0 Å². The van der Waals surface area contributed by atoms with Gasteiger partial charge in [-0.15, -0.1) is 12.4 Å². The summed E-state index contributed by atoms with van der Waals surface area (Å²) in [5, 5.41) is 11.1. The number of aromatic hydroxyl groups is 1. The van der Waals surface area contributed by atoms with Gasteiger partial charge in [-0.2, -0.15) is 4.31 Å². The maximum absolute atomic E-state index is 13.1. The van der Waals surface area contributed by atoms with E-state index in [-0.39, 0.29) is 28.2 Å². The molecule has 0 radical (unpaired) electrons. The minimum Gasteiger partial charge on any atom is -0.494 e. The molecule has 1 N–H and O–H groups in total. The molecular weight excluding hydrogens is 423 g/mol. The smallest absolute Gasteiger partial charge is 0.244 e. The first-order valence-electron chi connectivity index (χ1n) is 8.52. The van der Waals surface area contributed by atoms with Crippen LogP contribution in [0, 0.1) is 0 Å². The number of hydrogen-bond acceptors (Lipinski definition) is 5. The van der Waals surface area contributed by atoms with Crippen molar-refractivity contribution in [3.63, 3.8) is 0 Å². The average Bonchev–Trinajstić information content (AvgIpc) is 2.97. The molecule has 10 heteroatoms. The largest absolute Gasteiger partial charge is 0.494 e. The standard InChI is InChI=1S/C18H19ClN4O3S.ClH/c1-21-6-8-22(9-7-21)27(25,26)16-10-13-11-18(24)23(15(13)12-14(16)19)17-4-2-3-5-20-17;/h2-5,10-12,24H,6-9H2,1H3;1H. The Kier molecular flexibility index (Phi) is 5.88. The summed E-state index contributed by atoms with van der Waals surface area (Å²) in [6.07, 6.45) is 1.62. The fourth-order valence-electron chi connectivity index (χ4n) is 3.29. The van der Waals surface area contributed by atoms with Crippen molar-refractivity contribution in [2.24, 2.45) is 0 Å². The molecule has 4 rings (SSSR count). The summed E-state index contributed by atoms with van der Waals surface area (Å²) >= 11 is 6.37. The van der Waals surface area contributed by atoms with E-state index in [1.807, 2.05) is 7.05 Å². The van der Waals surface area contributed by atoms with Crippen molar-refractivity contribution in [2.45, 2.75) is 4.90 Å². The Morgan fingerprint density at radius 3 is 2.46 bits per heavy atom. The zero-order valence-corrected chi connectivity index (χ0v) is 17.5. The molecular formula is C18H20Cl2N4O3S. The van der Waals surface area contributed by atoms with Gasteiger partial charge in [-0.05, 0) is 31.3 Å². The van der Waals surface area contributed by atoms with E-state index in [4.69, 9.17) is 11.6 Å². The molecule has 0 bridgehead atoms. The van der Waals surface area contributed by atoms with E-state index in [9.17, 15) is 13.5 Å². The van der Waals surface area contributed by atoms with Crippen molar-refractivity contribution in [3.05, 3.63) is 47.6 Å². The molecule has 0 spiro atoms. The summed E-state index contributed by atoms with van der Waals surface area (Å²) in [4.78, 5) is 6.38. The van der Waals surface area contributed by atoms with Crippen LogP contribution < -0.4 is 0 Å². The minimum atomic E-state index is -3.71. The third-order valence-corrected chi connectivity index (χ3v) is 7.16. The number of nitrogens with zero attached hydrogens (tertiary/aromatic N) is 4. The molecule has 7 nitrogen and oxygen atoms in total. The van der Waals surface area contributed by atoms with Crippen LogP contribution in [0.1, 0.15) is 0 Å².